The van der Waals surface area contributed by atoms with Gasteiger partial charge in [-0.15, -0.1) is 0 Å². The van der Waals surface area contributed by atoms with Crippen LogP contribution in [0.15, 0.2) is 54.6 Å². The van der Waals surface area contributed by atoms with Crippen molar-refractivity contribution in [2.45, 2.75) is 110 Å². The van der Waals surface area contributed by atoms with E-state index >= 15 is 0 Å². The number of aromatic amines is 1. The molecule has 0 bridgehead atoms. The molecule has 3 aromatic rings. The Morgan fingerprint density at radius 1 is 0.944 bits per heavy atom. The summed E-state index contributed by atoms with van der Waals surface area (Å²) in [6.45, 7) is 10.2. The number of hydrogen-bond acceptors (Lipinski definition) is 8. The largest absolute Gasteiger partial charge is 0.444 e. The molecule has 4 atom stereocenters. The number of esters is 2. The van der Waals surface area contributed by atoms with Gasteiger partial charge in [-0.3, -0.25) is 14.4 Å². The van der Waals surface area contributed by atoms with Crippen LogP contribution in [0.25, 0.3) is 10.9 Å². The van der Waals surface area contributed by atoms with Gasteiger partial charge >= 0.3 is 18.0 Å². The van der Waals surface area contributed by atoms with Crippen LogP contribution in [0.1, 0.15) is 102 Å². The summed E-state index contributed by atoms with van der Waals surface area (Å²) in [5.41, 5.74) is 1.55. The molecule has 3 N–H and O–H groups in total. The topological polar surface area (TPSA) is 156 Å². The first-order valence-electron chi connectivity index (χ1n) is 18.9. The highest BCUT2D eigenvalue weighted by molar-refractivity contribution is 6.01. The highest BCUT2D eigenvalue weighted by atomic mass is 19.1. The van der Waals surface area contributed by atoms with Gasteiger partial charge in [-0.25, -0.2) is 14.0 Å². The molecule has 13 heteroatoms. The second kappa shape index (κ2) is 17.5. The van der Waals surface area contributed by atoms with E-state index in [1.54, 1.807) is 70.7 Å². The zero-order chi connectivity index (χ0) is 39.2. The van der Waals surface area contributed by atoms with E-state index in [9.17, 15) is 28.4 Å². The summed E-state index contributed by atoms with van der Waals surface area (Å²) in [6, 6.07) is 15.0. The van der Waals surface area contributed by atoms with Crippen LogP contribution in [0.5, 0.6) is 0 Å². The van der Waals surface area contributed by atoms with Gasteiger partial charge in [0.05, 0.1) is 6.04 Å². The van der Waals surface area contributed by atoms with Crippen molar-refractivity contribution < 1.29 is 42.6 Å². The zero-order valence-corrected chi connectivity index (χ0v) is 32.0. The molecular formula is C41H53FN4O8. The molecule has 1 saturated heterocycles. The standard InChI is InChI=1S/C41H53FN4O8/c1-7-34(47)52-39(24(2)3)53-38(50)32-22-28-21-29(17-18-31(28)44-32)43-36(48)35-30(25-11-9-8-10-12-25)19-20-46(35)37(49)27-15-13-26(14-16-27)33(23-42)45-40(51)54-41(4,5)6/h8-12,17-18,21-22,24,26-27,30,33,35,39,44H,7,13-16,19-20,23H2,1-6H3,(H,43,48)(H,45,51)/t26?,27?,30-,33-,35+,39?/m1/s1. The predicted octanol–water partition coefficient (Wildman–Crippen LogP) is 7.25. The van der Waals surface area contributed by atoms with Crippen molar-refractivity contribution >= 4 is 46.4 Å². The Morgan fingerprint density at radius 3 is 2.28 bits per heavy atom. The maximum Gasteiger partial charge on any atom is 0.407 e. The lowest BCUT2D eigenvalue weighted by Gasteiger charge is -2.36. The lowest BCUT2D eigenvalue weighted by atomic mass is 9.78. The molecule has 2 aromatic carbocycles. The number of likely N-dealkylation sites (tertiary alicyclic amines) is 1. The maximum atomic E-state index is 14.2. The van der Waals surface area contributed by atoms with E-state index < -0.39 is 48.7 Å². The minimum Gasteiger partial charge on any atom is -0.444 e. The summed E-state index contributed by atoms with van der Waals surface area (Å²) in [7, 11) is 0. The highest BCUT2D eigenvalue weighted by Crippen LogP contribution is 2.39. The minimum absolute atomic E-state index is 0.0995. The third-order valence-electron chi connectivity index (χ3n) is 10.1. The number of carbonyl (C=O) groups excluding carboxylic acids is 5. The molecule has 2 aliphatic rings. The van der Waals surface area contributed by atoms with Crippen molar-refractivity contribution in [2.75, 3.05) is 18.5 Å². The number of hydrogen-bond donors (Lipinski definition) is 3. The number of H-pyrrole nitrogens is 1. The average molecular weight is 749 g/mol. The van der Waals surface area contributed by atoms with Crippen LogP contribution in [-0.2, 0) is 28.6 Å². The number of anilines is 1. The van der Waals surface area contributed by atoms with Gasteiger partial charge in [0.25, 0.3) is 0 Å². The number of ether oxygens (including phenoxy) is 3. The van der Waals surface area contributed by atoms with Crippen LogP contribution in [-0.4, -0.2) is 76.9 Å². The molecule has 2 fully saturated rings. The molecule has 12 nitrogen and oxygen atoms in total. The molecule has 2 heterocycles. The van der Waals surface area contributed by atoms with E-state index in [1.807, 2.05) is 30.3 Å². The van der Waals surface area contributed by atoms with Crippen molar-refractivity contribution in [3.8, 4) is 0 Å². The molecule has 1 aromatic heterocycles. The van der Waals surface area contributed by atoms with Crippen molar-refractivity contribution in [3.63, 3.8) is 0 Å². The second-order valence-electron chi connectivity index (χ2n) is 15.6. The van der Waals surface area contributed by atoms with E-state index in [0.29, 0.717) is 55.2 Å². The number of halogens is 1. The summed E-state index contributed by atoms with van der Waals surface area (Å²) in [5.74, 6) is -2.53. The lowest BCUT2D eigenvalue weighted by molar-refractivity contribution is -0.175. The van der Waals surface area contributed by atoms with E-state index in [4.69, 9.17) is 14.2 Å². The van der Waals surface area contributed by atoms with Crippen molar-refractivity contribution in [3.05, 3.63) is 65.9 Å². The van der Waals surface area contributed by atoms with Crippen molar-refractivity contribution in [1.82, 2.24) is 15.2 Å². The molecule has 1 aliphatic heterocycles. The van der Waals surface area contributed by atoms with Crippen LogP contribution in [0.4, 0.5) is 14.9 Å². The molecule has 0 spiro atoms. The summed E-state index contributed by atoms with van der Waals surface area (Å²) in [6.07, 6.45) is 1.22. The molecule has 1 aliphatic carbocycles. The summed E-state index contributed by atoms with van der Waals surface area (Å²) in [5, 5.41) is 6.35. The minimum atomic E-state index is -1.04. The Bertz CT molecular complexity index is 1800. The SMILES string of the molecule is CCC(=O)OC(OC(=O)c1cc2cc(NC(=O)[C@@H]3[C@@H](c4ccccc4)CCN3C(=O)C3CCC([C@@H](CF)NC(=O)OC(C)(C)C)CC3)ccc2[nH]1)C(C)C. The Hall–Kier alpha value is -4.94. The monoisotopic (exact) mass is 748 g/mol. The van der Waals surface area contributed by atoms with Crippen LogP contribution in [0.3, 0.4) is 0 Å². The van der Waals surface area contributed by atoms with E-state index in [-0.39, 0.29) is 47.6 Å². The fourth-order valence-corrected chi connectivity index (χ4v) is 7.37. The number of amides is 3. The van der Waals surface area contributed by atoms with Gasteiger partial charge in [-0.05, 0) is 88.6 Å². The van der Waals surface area contributed by atoms with E-state index in [0.717, 1.165) is 5.56 Å². The molecule has 0 radical (unpaired) electrons. The van der Waals surface area contributed by atoms with Gasteiger partial charge in [0.15, 0.2) is 0 Å². The molecule has 292 valence electrons. The first-order valence-corrected chi connectivity index (χ1v) is 18.9. The van der Waals surface area contributed by atoms with Gasteiger partial charge in [-0.2, -0.15) is 0 Å². The third-order valence-corrected chi connectivity index (χ3v) is 10.1. The summed E-state index contributed by atoms with van der Waals surface area (Å²) < 4.78 is 30.2. The number of alkyl halides is 1. The Labute approximate surface area is 315 Å². The molecule has 1 saturated carbocycles. The average Bonchev–Trinajstić information content (AvgIpc) is 3.78. The van der Waals surface area contributed by atoms with Gasteiger partial charge in [0, 0.05) is 47.3 Å². The number of rotatable bonds is 12. The highest BCUT2D eigenvalue weighted by Gasteiger charge is 2.45. The fourth-order valence-electron chi connectivity index (χ4n) is 7.37. The molecule has 3 amide bonds. The quantitative estimate of drug-likeness (QED) is 0.129. The predicted molar refractivity (Wildman–Crippen MR) is 201 cm³/mol. The normalized spacial score (nSPS) is 21.3. The molecule has 1 unspecified atom stereocenters. The smallest absolute Gasteiger partial charge is 0.407 e. The van der Waals surface area contributed by atoms with Gasteiger partial charge in [0.2, 0.25) is 18.1 Å². The Kier molecular flexibility index (Phi) is 13.0. The first kappa shape index (κ1) is 40.2. The molecule has 54 heavy (non-hydrogen) atoms. The Morgan fingerprint density at radius 2 is 1.65 bits per heavy atom. The van der Waals surface area contributed by atoms with Crippen LogP contribution >= 0.6 is 0 Å². The van der Waals surface area contributed by atoms with E-state index in [2.05, 4.69) is 15.6 Å². The second-order valence-corrected chi connectivity index (χ2v) is 15.6. The number of nitrogens with one attached hydrogen (secondary N) is 3. The Balaban J connectivity index is 1.28. The number of carbonyl (C=O) groups is 5. The summed E-state index contributed by atoms with van der Waals surface area (Å²) >= 11 is 0. The van der Waals surface area contributed by atoms with Gasteiger partial charge in [0.1, 0.15) is 24.0 Å². The number of aromatic nitrogens is 1. The van der Waals surface area contributed by atoms with Crippen molar-refractivity contribution in [2.24, 2.45) is 17.8 Å². The lowest BCUT2D eigenvalue weighted by Crippen LogP contribution is -2.49. The number of nitrogens with zero attached hydrogens (tertiary/aromatic N) is 1. The molecule has 5 rings (SSSR count). The molecular weight excluding hydrogens is 695 g/mol. The third kappa shape index (κ3) is 9.97. The zero-order valence-electron chi connectivity index (χ0n) is 32.0. The van der Waals surface area contributed by atoms with Gasteiger partial charge < -0.3 is 34.7 Å². The van der Waals surface area contributed by atoms with Crippen molar-refractivity contribution in [1.29, 1.82) is 0 Å². The van der Waals surface area contributed by atoms with Gasteiger partial charge in [-0.1, -0.05) is 51.1 Å². The number of alkyl carbamates (subject to hydrolysis) is 1. The van der Waals surface area contributed by atoms with Crippen LogP contribution in [0, 0.1) is 17.8 Å². The first-order chi connectivity index (χ1) is 25.7. The summed E-state index contributed by atoms with van der Waals surface area (Å²) in [4.78, 5) is 70.3. The van der Waals surface area contributed by atoms with E-state index in [1.165, 1.54) is 0 Å². The fraction of sp³-hybridized carbons (Fsp3) is 0.537. The van der Waals surface area contributed by atoms with Crippen LogP contribution < -0.4 is 10.6 Å². The van der Waals surface area contributed by atoms with Crippen LogP contribution in [0.2, 0.25) is 0 Å². The number of fused-ring (bicyclic) bond motifs is 1. The number of benzene rings is 2. The maximum absolute atomic E-state index is 14.2.